The van der Waals surface area contributed by atoms with Crippen molar-refractivity contribution in [2.45, 2.75) is 44.7 Å². The van der Waals surface area contributed by atoms with Gasteiger partial charge < -0.3 is 10.6 Å². The fraction of sp³-hybridized carbons (Fsp3) is 0.318. The van der Waals surface area contributed by atoms with Crippen molar-refractivity contribution in [1.82, 2.24) is 20.3 Å². The summed E-state index contributed by atoms with van der Waals surface area (Å²) in [6.45, 7) is 1.90. The molecule has 29 heavy (non-hydrogen) atoms. The lowest BCUT2D eigenvalue weighted by molar-refractivity contribution is 0.0919. The van der Waals surface area contributed by atoms with Crippen molar-refractivity contribution in [2.75, 3.05) is 5.32 Å². The standard InChI is InChI=1S/C22H22N6O/c1-14-10-21(16(11-23)13-25-14)27-18-4-2-3-5-19(18)28-22(29)20-7-6-15-12-24-9-8-17(15)26-20/h6-10,12-13,18-19H,2-5H2,1H3,(H,25,27)(H,28,29)/t18-,19-/m1/s1. The number of hydrogen-bond donors (Lipinski definition) is 2. The minimum absolute atomic E-state index is 0.0359. The van der Waals surface area contributed by atoms with Gasteiger partial charge >= 0.3 is 0 Å². The molecule has 1 aliphatic rings. The molecule has 1 fully saturated rings. The van der Waals surface area contributed by atoms with Gasteiger partial charge in [-0.05, 0) is 44.0 Å². The number of anilines is 1. The molecule has 1 amide bonds. The Morgan fingerprint density at radius 3 is 2.83 bits per heavy atom. The Kier molecular flexibility index (Phi) is 5.34. The Balaban J connectivity index is 1.52. The summed E-state index contributed by atoms with van der Waals surface area (Å²) in [5, 5.41) is 16.9. The summed E-state index contributed by atoms with van der Waals surface area (Å²) in [5.74, 6) is -0.186. The minimum Gasteiger partial charge on any atom is -0.379 e. The zero-order valence-electron chi connectivity index (χ0n) is 16.2. The van der Waals surface area contributed by atoms with Crippen LogP contribution in [0.5, 0.6) is 0 Å². The predicted octanol–water partition coefficient (Wildman–Crippen LogP) is 3.36. The van der Waals surface area contributed by atoms with E-state index in [2.05, 4.69) is 31.7 Å². The highest BCUT2D eigenvalue weighted by Gasteiger charge is 2.27. The van der Waals surface area contributed by atoms with E-state index in [4.69, 9.17) is 0 Å². The van der Waals surface area contributed by atoms with Gasteiger partial charge in [0.05, 0.1) is 16.8 Å². The molecule has 3 heterocycles. The Hall–Kier alpha value is -3.53. The maximum Gasteiger partial charge on any atom is 0.270 e. The van der Waals surface area contributed by atoms with Gasteiger partial charge in [-0.25, -0.2) is 4.98 Å². The first-order valence-corrected chi connectivity index (χ1v) is 9.79. The molecule has 146 valence electrons. The molecule has 0 radical (unpaired) electrons. The van der Waals surface area contributed by atoms with Crippen molar-refractivity contribution < 1.29 is 4.79 Å². The largest absolute Gasteiger partial charge is 0.379 e. The quantitative estimate of drug-likeness (QED) is 0.713. The molecule has 1 aliphatic carbocycles. The Morgan fingerprint density at radius 2 is 2.00 bits per heavy atom. The lowest BCUT2D eigenvalue weighted by atomic mass is 9.89. The van der Waals surface area contributed by atoms with E-state index in [9.17, 15) is 10.1 Å². The van der Waals surface area contributed by atoms with Crippen LogP contribution >= 0.6 is 0 Å². The molecule has 1 saturated carbocycles. The monoisotopic (exact) mass is 386 g/mol. The molecule has 0 bridgehead atoms. The van der Waals surface area contributed by atoms with Crippen molar-refractivity contribution in [2.24, 2.45) is 0 Å². The number of rotatable bonds is 4. The predicted molar refractivity (Wildman–Crippen MR) is 110 cm³/mol. The van der Waals surface area contributed by atoms with Gasteiger partial charge in [0.1, 0.15) is 11.8 Å². The second kappa shape index (κ2) is 8.23. The van der Waals surface area contributed by atoms with Crippen LogP contribution in [0, 0.1) is 18.3 Å². The van der Waals surface area contributed by atoms with Crippen LogP contribution in [0.25, 0.3) is 10.9 Å². The summed E-state index contributed by atoms with van der Waals surface area (Å²) in [6, 6.07) is 9.46. The van der Waals surface area contributed by atoms with Crippen LogP contribution in [0.15, 0.2) is 42.9 Å². The fourth-order valence-corrected chi connectivity index (χ4v) is 3.78. The first kappa shape index (κ1) is 18.8. The third kappa shape index (κ3) is 4.16. The van der Waals surface area contributed by atoms with Crippen LogP contribution in [-0.4, -0.2) is 32.9 Å². The summed E-state index contributed by atoms with van der Waals surface area (Å²) >= 11 is 0. The Morgan fingerprint density at radius 1 is 1.17 bits per heavy atom. The topological polar surface area (TPSA) is 104 Å². The molecule has 2 atom stereocenters. The third-order valence-corrected chi connectivity index (χ3v) is 5.31. The van der Waals surface area contributed by atoms with Gasteiger partial charge in [0.15, 0.2) is 0 Å². The SMILES string of the molecule is Cc1cc(N[C@@H]2CCCC[C@H]2NC(=O)c2ccc3cnccc3n2)c(C#N)cn1. The number of carbonyl (C=O) groups is 1. The number of fused-ring (bicyclic) bond motifs is 1. The molecule has 7 nitrogen and oxygen atoms in total. The van der Waals surface area contributed by atoms with Crippen molar-refractivity contribution >= 4 is 22.5 Å². The minimum atomic E-state index is -0.186. The van der Waals surface area contributed by atoms with E-state index in [-0.39, 0.29) is 18.0 Å². The van der Waals surface area contributed by atoms with E-state index in [0.717, 1.165) is 48.0 Å². The first-order chi connectivity index (χ1) is 14.1. The molecule has 0 aromatic carbocycles. The normalized spacial score (nSPS) is 18.8. The maximum absolute atomic E-state index is 12.9. The molecule has 2 N–H and O–H groups in total. The second-order valence-electron chi connectivity index (χ2n) is 7.36. The van der Waals surface area contributed by atoms with Crippen molar-refractivity contribution in [3.63, 3.8) is 0 Å². The highest BCUT2D eigenvalue weighted by atomic mass is 16.1. The first-order valence-electron chi connectivity index (χ1n) is 9.79. The van der Waals surface area contributed by atoms with E-state index >= 15 is 0 Å². The number of pyridine rings is 3. The number of hydrogen-bond acceptors (Lipinski definition) is 6. The smallest absolute Gasteiger partial charge is 0.270 e. The summed E-state index contributed by atoms with van der Waals surface area (Å²) in [7, 11) is 0. The molecule has 4 rings (SSSR count). The van der Waals surface area contributed by atoms with Crippen LogP contribution in [0.1, 0.15) is 47.4 Å². The molecule has 0 unspecified atom stereocenters. The number of carbonyl (C=O) groups excluding carboxylic acids is 1. The Labute approximate surface area is 169 Å². The van der Waals surface area contributed by atoms with E-state index in [1.165, 1.54) is 0 Å². The van der Waals surface area contributed by atoms with E-state index in [1.807, 2.05) is 19.1 Å². The van der Waals surface area contributed by atoms with Crippen LogP contribution in [0.2, 0.25) is 0 Å². The molecule has 3 aromatic heterocycles. The van der Waals surface area contributed by atoms with Crippen molar-refractivity contribution in [3.05, 3.63) is 59.8 Å². The second-order valence-corrected chi connectivity index (χ2v) is 7.36. The van der Waals surface area contributed by atoms with E-state index in [1.54, 1.807) is 30.7 Å². The van der Waals surface area contributed by atoms with Gasteiger partial charge in [0, 0.05) is 41.8 Å². The highest BCUT2D eigenvalue weighted by molar-refractivity contribution is 5.95. The van der Waals surface area contributed by atoms with Crippen molar-refractivity contribution in [1.29, 1.82) is 5.26 Å². The summed E-state index contributed by atoms with van der Waals surface area (Å²) in [6.07, 6.45) is 8.93. The number of nitriles is 1. The molecule has 7 heteroatoms. The molecule has 0 spiro atoms. The lowest BCUT2D eigenvalue weighted by Gasteiger charge is -2.33. The van der Waals surface area contributed by atoms with Gasteiger partial charge in [0.2, 0.25) is 0 Å². The molecule has 0 saturated heterocycles. The molecule has 0 aliphatic heterocycles. The highest BCUT2D eigenvalue weighted by Crippen LogP contribution is 2.25. The van der Waals surface area contributed by atoms with Crippen LogP contribution < -0.4 is 10.6 Å². The summed E-state index contributed by atoms with van der Waals surface area (Å²) in [4.78, 5) is 25.6. The van der Waals surface area contributed by atoms with E-state index in [0.29, 0.717) is 11.3 Å². The van der Waals surface area contributed by atoms with Crippen LogP contribution in [-0.2, 0) is 0 Å². The average molecular weight is 386 g/mol. The van der Waals surface area contributed by atoms with Crippen LogP contribution in [0.4, 0.5) is 5.69 Å². The molecule has 3 aromatic rings. The van der Waals surface area contributed by atoms with Gasteiger partial charge in [0.25, 0.3) is 5.91 Å². The zero-order chi connectivity index (χ0) is 20.2. The van der Waals surface area contributed by atoms with Gasteiger partial charge in [-0.2, -0.15) is 5.26 Å². The van der Waals surface area contributed by atoms with Gasteiger partial charge in [-0.1, -0.05) is 12.8 Å². The zero-order valence-corrected chi connectivity index (χ0v) is 16.2. The average Bonchev–Trinajstić information content (AvgIpc) is 2.75. The fourth-order valence-electron chi connectivity index (χ4n) is 3.78. The maximum atomic E-state index is 12.9. The number of nitrogens with zero attached hydrogens (tertiary/aromatic N) is 4. The van der Waals surface area contributed by atoms with Gasteiger partial charge in [-0.3, -0.25) is 14.8 Å². The molecular weight excluding hydrogens is 364 g/mol. The number of nitrogens with one attached hydrogen (secondary N) is 2. The molecular formula is C22H22N6O. The van der Waals surface area contributed by atoms with Gasteiger partial charge in [-0.15, -0.1) is 0 Å². The number of aryl methyl sites for hydroxylation is 1. The summed E-state index contributed by atoms with van der Waals surface area (Å²) < 4.78 is 0. The van der Waals surface area contributed by atoms with Crippen LogP contribution in [0.3, 0.4) is 0 Å². The number of aromatic nitrogens is 3. The third-order valence-electron chi connectivity index (χ3n) is 5.31. The lowest BCUT2D eigenvalue weighted by Crippen LogP contribution is -2.48. The Bertz CT molecular complexity index is 1090. The van der Waals surface area contributed by atoms with Crippen molar-refractivity contribution in [3.8, 4) is 6.07 Å². The summed E-state index contributed by atoms with van der Waals surface area (Å²) in [5.41, 5.74) is 3.26. The van der Waals surface area contributed by atoms with E-state index < -0.39 is 0 Å². The number of amides is 1.